The van der Waals surface area contributed by atoms with Crippen molar-refractivity contribution in [3.8, 4) is 0 Å². The summed E-state index contributed by atoms with van der Waals surface area (Å²) in [5, 5.41) is 0. The minimum atomic E-state index is 0.782. The Morgan fingerprint density at radius 2 is 1.89 bits per heavy atom. The Bertz CT molecular complexity index is 365. The number of hydrogen-bond acceptors (Lipinski definition) is 5. The van der Waals surface area contributed by atoms with E-state index in [2.05, 4.69) is 25.8 Å². The summed E-state index contributed by atoms with van der Waals surface area (Å²) in [6.45, 7) is 10.2. The highest BCUT2D eigenvalue weighted by Crippen LogP contribution is 2.14. The van der Waals surface area contributed by atoms with Gasteiger partial charge in [-0.2, -0.15) is 0 Å². The number of nitrogens with two attached hydrogens (primary N) is 1. The number of piperazine rings is 1. The third-order valence-electron chi connectivity index (χ3n) is 3.33. The summed E-state index contributed by atoms with van der Waals surface area (Å²) in [6.07, 6.45) is 1.09. The van der Waals surface area contributed by atoms with E-state index in [4.69, 9.17) is 5.73 Å². The maximum absolute atomic E-state index is 5.54. The van der Waals surface area contributed by atoms with Gasteiger partial charge in [-0.25, -0.2) is 9.97 Å². The predicted octanol–water partition coefficient (Wildman–Crippen LogP) is 0.564. The van der Waals surface area contributed by atoms with Crippen LogP contribution in [0.15, 0.2) is 6.07 Å². The molecule has 1 aromatic rings. The van der Waals surface area contributed by atoms with E-state index in [-0.39, 0.29) is 0 Å². The Kier molecular flexibility index (Phi) is 4.49. The van der Waals surface area contributed by atoms with E-state index < -0.39 is 0 Å². The molecule has 0 radical (unpaired) electrons. The smallest absolute Gasteiger partial charge is 0.132 e. The molecule has 1 saturated heterocycles. The molecule has 0 unspecified atom stereocenters. The number of aromatic nitrogens is 2. The largest absolute Gasteiger partial charge is 0.354 e. The average molecular weight is 249 g/mol. The molecule has 1 aliphatic rings. The van der Waals surface area contributed by atoms with Crippen LogP contribution in [0.4, 0.5) is 5.82 Å². The molecule has 2 N–H and O–H groups in total. The number of anilines is 1. The fourth-order valence-corrected chi connectivity index (χ4v) is 2.37. The van der Waals surface area contributed by atoms with E-state index in [0.29, 0.717) is 0 Å². The topological polar surface area (TPSA) is 58.3 Å². The van der Waals surface area contributed by atoms with Crippen LogP contribution in [0.2, 0.25) is 0 Å². The zero-order valence-corrected chi connectivity index (χ0v) is 11.4. The fourth-order valence-electron chi connectivity index (χ4n) is 2.37. The highest BCUT2D eigenvalue weighted by Gasteiger charge is 2.17. The lowest BCUT2D eigenvalue weighted by molar-refractivity contribution is 0.256. The van der Waals surface area contributed by atoms with E-state index in [1.165, 1.54) is 0 Å². The molecule has 0 spiro atoms. The van der Waals surface area contributed by atoms with Crippen molar-refractivity contribution in [1.82, 2.24) is 14.9 Å². The van der Waals surface area contributed by atoms with Gasteiger partial charge in [0.1, 0.15) is 11.6 Å². The minimum absolute atomic E-state index is 0.782. The third kappa shape index (κ3) is 3.40. The number of nitrogens with zero attached hydrogens (tertiary/aromatic N) is 4. The predicted molar refractivity (Wildman–Crippen MR) is 73.8 cm³/mol. The number of aryl methyl sites for hydroxylation is 2. The SMILES string of the molecule is Cc1cc(N2CCN(CCCN)CC2)nc(C)n1. The van der Waals surface area contributed by atoms with Crippen LogP contribution in [0, 0.1) is 13.8 Å². The molecule has 1 aromatic heterocycles. The van der Waals surface area contributed by atoms with Gasteiger partial charge in [0.05, 0.1) is 0 Å². The maximum atomic E-state index is 5.54. The Morgan fingerprint density at radius 3 is 2.50 bits per heavy atom. The Hall–Kier alpha value is -1.20. The van der Waals surface area contributed by atoms with Crippen LogP contribution in [-0.4, -0.2) is 54.1 Å². The van der Waals surface area contributed by atoms with Gasteiger partial charge in [-0.05, 0) is 33.4 Å². The summed E-state index contributed by atoms with van der Waals surface area (Å²) in [5.41, 5.74) is 6.59. The van der Waals surface area contributed by atoms with Crippen LogP contribution >= 0.6 is 0 Å². The summed E-state index contributed by atoms with van der Waals surface area (Å²) < 4.78 is 0. The van der Waals surface area contributed by atoms with Crippen molar-refractivity contribution in [3.63, 3.8) is 0 Å². The summed E-state index contributed by atoms with van der Waals surface area (Å²) in [5.74, 6) is 1.93. The Balaban J connectivity index is 1.92. The highest BCUT2D eigenvalue weighted by atomic mass is 15.3. The molecule has 5 nitrogen and oxygen atoms in total. The lowest BCUT2D eigenvalue weighted by atomic mass is 10.2. The van der Waals surface area contributed by atoms with Gasteiger partial charge in [0, 0.05) is 37.9 Å². The molecular weight excluding hydrogens is 226 g/mol. The third-order valence-corrected chi connectivity index (χ3v) is 3.33. The first-order valence-electron chi connectivity index (χ1n) is 6.68. The van der Waals surface area contributed by atoms with Crippen LogP contribution in [0.5, 0.6) is 0 Å². The first-order valence-corrected chi connectivity index (χ1v) is 6.68. The standard InChI is InChI=1S/C13H23N5/c1-11-10-13(16-12(2)15-11)18-8-6-17(7-9-18)5-3-4-14/h10H,3-9,14H2,1-2H3. The van der Waals surface area contributed by atoms with Crippen molar-refractivity contribution in [2.75, 3.05) is 44.2 Å². The average Bonchev–Trinajstić information content (AvgIpc) is 2.36. The van der Waals surface area contributed by atoms with Crippen LogP contribution in [0.3, 0.4) is 0 Å². The van der Waals surface area contributed by atoms with Crippen molar-refractivity contribution in [1.29, 1.82) is 0 Å². The molecule has 1 fully saturated rings. The monoisotopic (exact) mass is 249 g/mol. The quantitative estimate of drug-likeness (QED) is 0.845. The van der Waals surface area contributed by atoms with Crippen molar-refractivity contribution in [2.45, 2.75) is 20.3 Å². The van der Waals surface area contributed by atoms with Crippen LogP contribution in [0.1, 0.15) is 17.9 Å². The van der Waals surface area contributed by atoms with Gasteiger partial charge in [-0.1, -0.05) is 0 Å². The second-order valence-electron chi connectivity index (χ2n) is 4.89. The van der Waals surface area contributed by atoms with Gasteiger partial charge in [0.2, 0.25) is 0 Å². The summed E-state index contributed by atoms with van der Waals surface area (Å²) in [6, 6.07) is 2.07. The zero-order chi connectivity index (χ0) is 13.0. The highest BCUT2D eigenvalue weighted by molar-refractivity contribution is 5.40. The van der Waals surface area contributed by atoms with Crippen molar-refractivity contribution < 1.29 is 0 Å². The van der Waals surface area contributed by atoms with E-state index in [9.17, 15) is 0 Å². The van der Waals surface area contributed by atoms with Gasteiger partial charge in [-0.15, -0.1) is 0 Å². The molecule has 2 rings (SSSR count). The molecule has 0 atom stereocenters. The molecule has 1 aliphatic heterocycles. The molecule has 0 amide bonds. The first kappa shape index (κ1) is 13.2. The molecule has 2 heterocycles. The first-order chi connectivity index (χ1) is 8.69. The molecule has 0 bridgehead atoms. The number of hydrogen-bond donors (Lipinski definition) is 1. The summed E-state index contributed by atoms with van der Waals surface area (Å²) in [4.78, 5) is 13.7. The molecule has 0 aliphatic carbocycles. The minimum Gasteiger partial charge on any atom is -0.354 e. The number of rotatable bonds is 4. The summed E-state index contributed by atoms with van der Waals surface area (Å²) in [7, 11) is 0. The van der Waals surface area contributed by atoms with Gasteiger partial charge >= 0.3 is 0 Å². The molecular formula is C13H23N5. The maximum Gasteiger partial charge on any atom is 0.132 e. The van der Waals surface area contributed by atoms with E-state index in [1.54, 1.807) is 0 Å². The molecule has 0 saturated carbocycles. The Labute approximate surface area is 109 Å². The van der Waals surface area contributed by atoms with Crippen LogP contribution < -0.4 is 10.6 Å². The van der Waals surface area contributed by atoms with Crippen molar-refractivity contribution in [3.05, 3.63) is 17.6 Å². The van der Waals surface area contributed by atoms with E-state index >= 15 is 0 Å². The summed E-state index contributed by atoms with van der Waals surface area (Å²) >= 11 is 0. The molecule has 100 valence electrons. The van der Waals surface area contributed by atoms with E-state index in [0.717, 1.165) is 63.0 Å². The lowest BCUT2D eigenvalue weighted by Crippen LogP contribution is -2.47. The fraction of sp³-hybridized carbons (Fsp3) is 0.692. The van der Waals surface area contributed by atoms with Gasteiger partial charge in [-0.3, -0.25) is 4.90 Å². The second-order valence-corrected chi connectivity index (χ2v) is 4.89. The van der Waals surface area contributed by atoms with Gasteiger partial charge < -0.3 is 10.6 Å². The molecule has 0 aromatic carbocycles. The van der Waals surface area contributed by atoms with Gasteiger partial charge in [0.15, 0.2) is 0 Å². The lowest BCUT2D eigenvalue weighted by Gasteiger charge is -2.35. The van der Waals surface area contributed by atoms with Crippen LogP contribution in [0.25, 0.3) is 0 Å². The van der Waals surface area contributed by atoms with E-state index in [1.807, 2.05) is 13.8 Å². The van der Waals surface area contributed by atoms with Crippen molar-refractivity contribution >= 4 is 5.82 Å². The molecule has 18 heavy (non-hydrogen) atoms. The van der Waals surface area contributed by atoms with Crippen LogP contribution in [-0.2, 0) is 0 Å². The Morgan fingerprint density at radius 1 is 1.17 bits per heavy atom. The van der Waals surface area contributed by atoms with Gasteiger partial charge in [0.25, 0.3) is 0 Å². The zero-order valence-electron chi connectivity index (χ0n) is 11.4. The second kappa shape index (κ2) is 6.11. The normalized spacial score (nSPS) is 17.2. The van der Waals surface area contributed by atoms with Crippen molar-refractivity contribution in [2.24, 2.45) is 5.73 Å². The molecule has 5 heteroatoms.